The van der Waals surface area contributed by atoms with E-state index in [9.17, 15) is 4.79 Å². The lowest BCUT2D eigenvalue weighted by Crippen LogP contribution is -2.21. The Balaban J connectivity index is 1.73. The minimum absolute atomic E-state index is 0.147. The number of rotatable bonds is 7. The third kappa shape index (κ3) is 4.47. The van der Waals surface area contributed by atoms with Crippen LogP contribution in [0.5, 0.6) is 5.75 Å². The summed E-state index contributed by atoms with van der Waals surface area (Å²) in [4.78, 5) is 12.5. The number of amides is 1. The lowest BCUT2D eigenvalue weighted by atomic mass is 10.1. The zero-order valence-corrected chi connectivity index (χ0v) is 19.0. The van der Waals surface area contributed by atoms with Crippen molar-refractivity contribution in [1.29, 1.82) is 0 Å². The number of para-hydroxylation sites is 1. The van der Waals surface area contributed by atoms with Gasteiger partial charge in [-0.25, -0.2) is 0 Å². The molecule has 0 aliphatic heterocycles. The summed E-state index contributed by atoms with van der Waals surface area (Å²) in [5, 5.41) is 25.9. The molecule has 0 bridgehead atoms. The molecule has 0 radical (unpaired) electrons. The van der Waals surface area contributed by atoms with E-state index in [2.05, 4.69) is 36.3 Å². The van der Waals surface area contributed by atoms with Gasteiger partial charge in [-0.2, -0.15) is 10.2 Å². The number of hydrogen-bond donors (Lipinski definition) is 3. The first-order chi connectivity index (χ1) is 15.9. The van der Waals surface area contributed by atoms with E-state index in [0.717, 1.165) is 16.8 Å². The van der Waals surface area contributed by atoms with Crippen LogP contribution in [-0.4, -0.2) is 49.8 Å². The first kappa shape index (κ1) is 21.8. The number of benzene rings is 1. The van der Waals surface area contributed by atoms with Gasteiger partial charge in [-0.1, -0.05) is 12.1 Å². The number of nitrogens with zero attached hydrogens (tertiary/aromatic N) is 6. The molecule has 11 heteroatoms. The average molecular weight is 448 g/mol. The van der Waals surface area contributed by atoms with Gasteiger partial charge in [0.1, 0.15) is 5.75 Å². The van der Waals surface area contributed by atoms with Gasteiger partial charge < -0.3 is 20.7 Å². The number of nitrogens with one attached hydrogen (secondary N) is 3. The van der Waals surface area contributed by atoms with E-state index >= 15 is 0 Å². The summed E-state index contributed by atoms with van der Waals surface area (Å²) in [6, 6.07) is 9.31. The molecule has 4 aromatic rings. The van der Waals surface area contributed by atoms with Crippen molar-refractivity contribution < 1.29 is 9.53 Å². The quantitative estimate of drug-likeness (QED) is 0.395. The molecule has 0 unspecified atom stereocenters. The fourth-order valence-corrected chi connectivity index (χ4v) is 3.38. The van der Waals surface area contributed by atoms with Crippen molar-refractivity contribution in [3.8, 4) is 16.9 Å². The van der Waals surface area contributed by atoms with Crippen molar-refractivity contribution in [2.75, 3.05) is 24.8 Å². The van der Waals surface area contributed by atoms with Gasteiger partial charge >= 0.3 is 0 Å². The molecule has 170 valence electrons. The number of ether oxygens (including phenoxy) is 1. The van der Waals surface area contributed by atoms with Crippen LogP contribution in [0.4, 0.5) is 23.0 Å². The van der Waals surface area contributed by atoms with Gasteiger partial charge in [0.15, 0.2) is 17.3 Å². The maximum absolute atomic E-state index is 12.5. The number of aryl methyl sites for hydroxylation is 3. The van der Waals surface area contributed by atoms with Crippen molar-refractivity contribution >= 4 is 28.9 Å². The Bertz CT molecular complexity index is 1290. The molecule has 1 amide bonds. The van der Waals surface area contributed by atoms with Gasteiger partial charge in [-0.15, -0.1) is 10.2 Å². The Kier molecular flexibility index (Phi) is 5.94. The number of carbonyl (C=O) groups is 1. The van der Waals surface area contributed by atoms with Crippen molar-refractivity contribution in [3.63, 3.8) is 0 Å². The molecule has 33 heavy (non-hydrogen) atoms. The number of aromatic nitrogens is 6. The van der Waals surface area contributed by atoms with Crippen LogP contribution >= 0.6 is 0 Å². The van der Waals surface area contributed by atoms with Crippen LogP contribution in [0.1, 0.15) is 16.2 Å². The first-order valence-electron chi connectivity index (χ1n) is 10.2. The molecular weight excluding hydrogens is 422 g/mol. The van der Waals surface area contributed by atoms with Gasteiger partial charge in [0.05, 0.1) is 24.7 Å². The lowest BCUT2D eigenvalue weighted by molar-refractivity contribution is 0.0958. The Morgan fingerprint density at radius 3 is 2.52 bits per heavy atom. The molecule has 0 saturated carbocycles. The molecule has 0 spiro atoms. The molecule has 4 rings (SSSR count). The fourth-order valence-electron chi connectivity index (χ4n) is 3.38. The van der Waals surface area contributed by atoms with Crippen LogP contribution in [0.15, 0.2) is 42.7 Å². The molecule has 0 atom stereocenters. The zero-order valence-electron chi connectivity index (χ0n) is 19.0. The molecule has 3 heterocycles. The van der Waals surface area contributed by atoms with Gasteiger partial charge in [-0.3, -0.25) is 14.2 Å². The zero-order chi connectivity index (χ0) is 23.5. The summed E-state index contributed by atoms with van der Waals surface area (Å²) in [5.41, 5.74) is 4.03. The summed E-state index contributed by atoms with van der Waals surface area (Å²) in [6.45, 7) is 1.95. The molecule has 0 saturated heterocycles. The van der Waals surface area contributed by atoms with E-state index in [4.69, 9.17) is 4.74 Å². The Labute approximate surface area is 190 Å². The molecule has 11 nitrogen and oxygen atoms in total. The second kappa shape index (κ2) is 8.99. The molecule has 0 fully saturated rings. The predicted octanol–water partition coefficient (Wildman–Crippen LogP) is 2.77. The molecule has 0 aliphatic carbocycles. The average Bonchev–Trinajstić information content (AvgIpc) is 3.37. The van der Waals surface area contributed by atoms with Crippen LogP contribution < -0.4 is 20.7 Å². The topological polar surface area (TPSA) is 124 Å². The monoisotopic (exact) mass is 447 g/mol. The highest BCUT2D eigenvalue weighted by Crippen LogP contribution is 2.38. The van der Waals surface area contributed by atoms with Gasteiger partial charge in [0.25, 0.3) is 5.91 Å². The maximum atomic E-state index is 12.5. The standard InChI is InChI=1S/C22H25N9O2/c1-13-9-19(29-31(13)4)26-18-10-17(20(28-27-18)22(32)23-2)25-16-8-6-7-15(21(16)33-5)14-11-24-30(3)12-14/h6-12H,1-5H3,(H,23,32)(H2,25,26,27,29). The van der Waals surface area contributed by atoms with Crippen LogP contribution in [0.3, 0.4) is 0 Å². The smallest absolute Gasteiger partial charge is 0.273 e. The van der Waals surface area contributed by atoms with Crippen LogP contribution in [0.25, 0.3) is 11.1 Å². The second-order valence-corrected chi connectivity index (χ2v) is 7.40. The van der Waals surface area contributed by atoms with Crippen molar-refractivity contribution in [2.24, 2.45) is 14.1 Å². The second-order valence-electron chi connectivity index (χ2n) is 7.40. The normalized spacial score (nSPS) is 10.7. The summed E-state index contributed by atoms with van der Waals surface area (Å²) < 4.78 is 9.19. The minimum atomic E-state index is -0.368. The molecule has 1 aromatic carbocycles. The third-order valence-corrected chi connectivity index (χ3v) is 5.11. The highest BCUT2D eigenvalue weighted by atomic mass is 16.5. The highest BCUT2D eigenvalue weighted by Gasteiger charge is 2.18. The van der Waals surface area contributed by atoms with E-state index in [0.29, 0.717) is 28.8 Å². The van der Waals surface area contributed by atoms with E-state index in [1.54, 1.807) is 35.8 Å². The predicted molar refractivity (Wildman–Crippen MR) is 125 cm³/mol. The highest BCUT2D eigenvalue weighted by molar-refractivity contribution is 5.99. The fraction of sp³-hybridized carbons (Fsp3) is 0.227. The SMILES string of the molecule is CNC(=O)c1nnc(Nc2cc(C)n(C)n2)cc1Nc1cccc(-c2cnn(C)c2)c1OC. The van der Waals surface area contributed by atoms with Crippen LogP contribution in [0.2, 0.25) is 0 Å². The lowest BCUT2D eigenvalue weighted by Gasteiger charge is -2.16. The number of hydrogen-bond acceptors (Lipinski definition) is 8. The summed E-state index contributed by atoms with van der Waals surface area (Å²) in [6.07, 6.45) is 3.67. The molecule has 3 aromatic heterocycles. The molecule has 3 N–H and O–H groups in total. The third-order valence-electron chi connectivity index (χ3n) is 5.11. The number of anilines is 4. The number of methoxy groups -OCH3 is 1. The summed E-state index contributed by atoms with van der Waals surface area (Å²) >= 11 is 0. The van der Waals surface area contributed by atoms with Crippen molar-refractivity contribution in [1.82, 2.24) is 35.1 Å². The first-order valence-corrected chi connectivity index (χ1v) is 10.2. The number of carbonyl (C=O) groups excluding carboxylic acids is 1. The van der Waals surface area contributed by atoms with Crippen LogP contribution in [-0.2, 0) is 14.1 Å². The van der Waals surface area contributed by atoms with Crippen LogP contribution in [0, 0.1) is 6.92 Å². The maximum Gasteiger partial charge on any atom is 0.273 e. The minimum Gasteiger partial charge on any atom is -0.494 e. The van der Waals surface area contributed by atoms with E-state index < -0.39 is 0 Å². The Morgan fingerprint density at radius 2 is 1.88 bits per heavy atom. The van der Waals surface area contributed by atoms with E-state index in [-0.39, 0.29) is 11.6 Å². The van der Waals surface area contributed by atoms with E-state index in [1.165, 1.54) is 0 Å². The summed E-state index contributed by atoms with van der Waals surface area (Å²) in [7, 11) is 6.85. The molecule has 0 aliphatic rings. The molecular formula is C22H25N9O2. The van der Waals surface area contributed by atoms with Gasteiger partial charge in [-0.05, 0) is 13.0 Å². The van der Waals surface area contributed by atoms with Gasteiger partial charge in [0.2, 0.25) is 0 Å². The van der Waals surface area contributed by atoms with Gasteiger partial charge in [0, 0.05) is 56.3 Å². The summed E-state index contributed by atoms with van der Waals surface area (Å²) in [5.74, 6) is 1.30. The van der Waals surface area contributed by atoms with E-state index in [1.807, 2.05) is 51.5 Å². The van der Waals surface area contributed by atoms with Crippen molar-refractivity contribution in [3.05, 3.63) is 54.1 Å². The largest absolute Gasteiger partial charge is 0.494 e. The Morgan fingerprint density at radius 1 is 1.06 bits per heavy atom. The van der Waals surface area contributed by atoms with Crippen molar-refractivity contribution in [2.45, 2.75) is 6.92 Å². The Hall–Kier alpha value is -4.41.